The van der Waals surface area contributed by atoms with Gasteiger partial charge in [0.05, 0.1) is 6.04 Å². The number of aryl methyl sites for hydroxylation is 1. The zero-order valence-electron chi connectivity index (χ0n) is 14.4. The van der Waals surface area contributed by atoms with Gasteiger partial charge >= 0.3 is 5.97 Å². The van der Waals surface area contributed by atoms with Crippen LogP contribution in [0.2, 0.25) is 0 Å². The van der Waals surface area contributed by atoms with Crippen molar-refractivity contribution in [2.45, 2.75) is 39.8 Å². The molecule has 1 aliphatic rings. The summed E-state index contributed by atoms with van der Waals surface area (Å²) in [5, 5.41) is 3.54. The Labute approximate surface area is 141 Å². The van der Waals surface area contributed by atoms with Crippen molar-refractivity contribution in [3.63, 3.8) is 0 Å². The lowest BCUT2D eigenvalue weighted by atomic mass is 9.70. The van der Waals surface area contributed by atoms with Crippen molar-refractivity contribution < 1.29 is 13.9 Å². The summed E-state index contributed by atoms with van der Waals surface area (Å²) in [6.45, 7) is 7.57. The van der Waals surface area contributed by atoms with Crippen molar-refractivity contribution in [1.82, 2.24) is 0 Å². The lowest BCUT2D eigenvalue weighted by Gasteiger charge is -2.46. The highest BCUT2D eigenvalue weighted by Gasteiger charge is 2.46. The van der Waals surface area contributed by atoms with Gasteiger partial charge in [-0.05, 0) is 30.7 Å². The molecule has 0 bridgehead atoms. The van der Waals surface area contributed by atoms with Gasteiger partial charge in [-0.15, -0.1) is 0 Å². The maximum absolute atomic E-state index is 13.3. The van der Waals surface area contributed by atoms with Crippen molar-refractivity contribution >= 4 is 11.7 Å². The van der Waals surface area contributed by atoms with Crippen LogP contribution in [0.4, 0.5) is 10.1 Å². The molecule has 4 heteroatoms. The van der Waals surface area contributed by atoms with Crippen LogP contribution in [0.25, 0.3) is 0 Å². The van der Waals surface area contributed by atoms with Gasteiger partial charge in [0, 0.05) is 23.6 Å². The minimum atomic E-state index is -0.399. The molecule has 0 aliphatic carbocycles. The number of fused-ring (bicyclic) bond motifs is 1. The molecule has 2 atom stereocenters. The Morgan fingerprint density at radius 3 is 2.46 bits per heavy atom. The molecule has 0 saturated carbocycles. The monoisotopic (exact) mass is 327 g/mol. The highest BCUT2D eigenvalue weighted by molar-refractivity contribution is 5.68. The van der Waals surface area contributed by atoms with Gasteiger partial charge in [0.2, 0.25) is 0 Å². The first-order valence-electron chi connectivity index (χ1n) is 8.09. The Morgan fingerprint density at radius 2 is 1.83 bits per heavy atom. The Morgan fingerprint density at radius 1 is 1.17 bits per heavy atom. The van der Waals surface area contributed by atoms with Gasteiger partial charge in [-0.2, -0.15) is 0 Å². The summed E-state index contributed by atoms with van der Waals surface area (Å²) in [5.41, 5.74) is 3.60. The number of carbonyl (C=O) groups is 1. The van der Waals surface area contributed by atoms with Crippen LogP contribution < -0.4 is 5.32 Å². The molecule has 0 spiro atoms. The van der Waals surface area contributed by atoms with Crippen LogP contribution in [0.15, 0.2) is 42.5 Å². The van der Waals surface area contributed by atoms with Gasteiger partial charge in [-0.3, -0.25) is 4.79 Å². The molecular formula is C20H22FNO2. The standard InChI is InChI=1S/C20H22FNO2/c1-12-5-10-17-16(11-12)19(24-13(2)23)20(3,4)18(22-17)14-6-8-15(21)9-7-14/h5-11,18-19,22H,1-4H3/t18-,19-/m0/s1. The number of halogens is 1. The largest absolute Gasteiger partial charge is 0.457 e. The van der Waals surface area contributed by atoms with Gasteiger partial charge in [0.25, 0.3) is 0 Å². The van der Waals surface area contributed by atoms with Crippen LogP contribution in [0.3, 0.4) is 0 Å². The van der Waals surface area contributed by atoms with Crippen LogP contribution >= 0.6 is 0 Å². The minimum Gasteiger partial charge on any atom is -0.457 e. The van der Waals surface area contributed by atoms with Crippen molar-refractivity contribution in [2.24, 2.45) is 5.41 Å². The summed E-state index contributed by atoms with van der Waals surface area (Å²) in [6, 6.07) is 12.5. The SMILES string of the molecule is CC(=O)O[C@H]1c2cc(C)ccc2N[C@@H](c2ccc(F)cc2)C1(C)C. The Hall–Kier alpha value is -2.36. The molecule has 24 heavy (non-hydrogen) atoms. The zero-order valence-corrected chi connectivity index (χ0v) is 14.4. The van der Waals surface area contributed by atoms with E-state index >= 15 is 0 Å². The maximum Gasteiger partial charge on any atom is 0.303 e. The summed E-state index contributed by atoms with van der Waals surface area (Å²) < 4.78 is 19.0. The Bertz CT molecular complexity index is 768. The van der Waals surface area contributed by atoms with Crippen molar-refractivity contribution in [3.05, 3.63) is 65.0 Å². The Balaban J connectivity index is 2.11. The summed E-state index contributed by atoms with van der Waals surface area (Å²) in [5.74, 6) is -0.569. The van der Waals surface area contributed by atoms with E-state index < -0.39 is 5.41 Å². The molecule has 0 fully saturated rings. The molecule has 1 aliphatic heterocycles. The topological polar surface area (TPSA) is 38.3 Å². The van der Waals surface area contributed by atoms with E-state index in [2.05, 4.69) is 25.2 Å². The van der Waals surface area contributed by atoms with Crippen molar-refractivity contribution in [2.75, 3.05) is 5.32 Å². The van der Waals surface area contributed by atoms with E-state index in [1.54, 1.807) is 12.1 Å². The molecule has 2 aromatic carbocycles. The molecule has 1 N–H and O–H groups in total. The smallest absolute Gasteiger partial charge is 0.303 e. The summed E-state index contributed by atoms with van der Waals surface area (Å²) in [6.07, 6.45) is -0.374. The van der Waals surface area contributed by atoms with E-state index in [-0.39, 0.29) is 23.9 Å². The summed E-state index contributed by atoms with van der Waals surface area (Å²) >= 11 is 0. The average Bonchev–Trinajstić information content (AvgIpc) is 2.51. The van der Waals surface area contributed by atoms with Gasteiger partial charge in [-0.1, -0.05) is 43.7 Å². The maximum atomic E-state index is 13.3. The fourth-order valence-electron chi connectivity index (χ4n) is 3.47. The fourth-order valence-corrected chi connectivity index (χ4v) is 3.47. The van der Waals surface area contributed by atoms with Crippen LogP contribution in [-0.4, -0.2) is 5.97 Å². The van der Waals surface area contributed by atoms with Gasteiger partial charge < -0.3 is 10.1 Å². The number of ether oxygens (including phenoxy) is 1. The molecular weight excluding hydrogens is 305 g/mol. The predicted molar refractivity (Wildman–Crippen MR) is 92.2 cm³/mol. The van der Waals surface area contributed by atoms with Crippen LogP contribution in [-0.2, 0) is 9.53 Å². The first-order valence-corrected chi connectivity index (χ1v) is 8.09. The molecule has 0 aromatic heterocycles. The van der Waals surface area contributed by atoms with Crippen molar-refractivity contribution in [3.8, 4) is 0 Å². The van der Waals surface area contributed by atoms with Crippen LogP contribution in [0.5, 0.6) is 0 Å². The first kappa shape index (κ1) is 16.5. The molecule has 0 radical (unpaired) electrons. The second-order valence-corrected chi connectivity index (χ2v) is 7.03. The number of rotatable bonds is 2. The summed E-state index contributed by atoms with van der Waals surface area (Å²) in [7, 11) is 0. The number of hydrogen-bond acceptors (Lipinski definition) is 3. The lowest BCUT2D eigenvalue weighted by Crippen LogP contribution is -2.40. The number of anilines is 1. The molecule has 3 nitrogen and oxygen atoms in total. The molecule has 2 aromatic rings. The van der Waals surface area contributed by atoms with Crippen LogP contribution in [0, 0.1) is 18.2 Å². The normalized spacial score (nSPS) is 21.5. The fraction of sp³-hybridized carbons (Fsp3) is 0.350. The molecule has 0 unspecified atom stereocenters. The highest BCUT2D eigenvalue weighted by Crippen LogP contribution is 2.53. The quantitative estimate of drug-likeness (QED) is 0.795. The third-order valence-electron chi connectivity index (χ3n) is 4.70. The van der Waals surface area contributed by atoms with Gasteiger partial charge in [0.15, 0.2) is 0 Å². The molecule has 0 saturated heterocycles. The van der Waals surface area contributed by atoms with Gasteiger partial charge in [0.1, 0.15) is 11.9 Å². The number of benzene rings is 2. The van der Waals surface area contributed by atoms with E-state index in [9.17, 15) is 9.18 Å². The first-order chi connectivity index (χ1) is 11.3. The number of carbonyl (C=O) groups excluding carboxylic acids is 1. The third-order valence-corrected chi connectivity index (χ3v) is 4.70. The Kier molecular flexibility index (Phi) is 4.08. The van der Waals surface area contributed by atoms with Gasteiger partial charge in [-0.25, -0.2) is 4.39 Å². The number of esters is 1. The van der Waals surface area contributed by atoms with E-state index in [1.165, 1.54) is 19.1 Å². The van der Waals surface area contributed by atoms with Crippen molar-refractivity contribution in [1.29, 1.82) is 0 Å². The predicted octanol–water partition coefficient (Wildman–Crippen LogP) is 4.93. The highest BCUT2D eigenvalue weighted by atomic mass is 19.1. The second-order valence-electron chi connectivity index (χ2n) is 7.03. The van der Waals surface area contributed by atoms with E-state index in [4.69, 9.17) is 4.74 Å². The van der Waals surface area contributed by atoms with Crippen LogP contribution in [0.1, 0.15) is 49.6 Å². The second kappa shape index (κ2) is 5.93. The summed E-state index contributed by atoms with van der Waals surface area (Å²) in [4.78, 5) is 11.7. The molecule has 3 rings (SSSR count). The van der Waals surface area contributed by atoms with E-state index in [1.807, 2.05) is 19.1 Å². The molecule has 0 amide bonds. The average molecular weight is 327 g/mol. The minimum absolute atomic E-state index is 0.0994. The number of hydrogen-bond donors (Lipinski definition) is 1. The third kappa shape index (κ3) is 2.88. The zero-order chi connectivity index (χ0) is 17.5. The lowest BCUT2D eigenvalue weighted by molar-refractivity contribution is -0.154. The van der Waals surface area contributed by atoms with E-state index in [0.29, 0.717) is 0 Å². The number of nitrogens with one attached hydrogen (secondary N) is 1. The molecule has 126 valence electrons. The molecule has 1 heterocycles. The van der Waals surface area contributed by atoms with E-state index in [0.717, 1.165) is 22.4 Å².